The molecule has 1 aliphatic carbocycles. The van der Waals surface area contributed by atoms with Gasteiger partial charge in [-0.2, -0.15) is 0 Å². The Bertz CT molecular complexity index is 1290. The summed E-state index contributed by atoms with van der Waals surface area (Å²) in [6.45, 7) is 2.07. The van der Waals surface area contributed by atoms with Crippen molar-refractivity contribution in [3.05, 3.63) is 65.2 Å². The molecule has 2 heterocycles. The van der Waals surface area contributed by atoms with Crippen LogP contribution in [-0.4, -0.2) is 30.0 Å². The Hall–Kier alpha value is -2.71. The van der Waals surface area contributed by atoms with E-state index in [0.29, 0.717) is 31.6 Å². The molecule has 1 aromatic carbocycles. The van der Waals surface area contributed by atoms with Crippen LogP contribution in [0.1, 0.15) is 31.9 Å². The number of fused-ring (bicyclic) bond motifs is 1. The van der Waals surface area contributed by atoms with Crippen LogP contribution in [0.2, 0.25) is 5.02 Å². The van der Waals surface area contributed by atoms with E-state index in [2.05, 4.69) is 4.98 Å². The maximum absolute atomic E-state index is 14.0. The number of ether oxygens (including phenoxy) is 1. The molecule has 31 heavy (non-hydrogen) atoms. The zero-order valence-corrected chi connectivity index (χ0v) is 18.3. The molecule has 0 amide bonds. The molecule has 9 heteroatoms. The monoisotopic (exact) mass is 462 g/mol. The fraction of sp³-hybridized carbons (Fsp3) is 0.273. The minimum absolute atomic E-state index is 0.0543. The highest BCUT2D eigenvalue weighted by Gasteiger charge is 2.30. The number of nitrogens with zero attached hydrogens (tertiary/aromatic N) is 2. The van der Waals surface area contributed by atoms with Gasteiger partial charge in [-0.25, -0.2) is 21.8 Å². The smallest absolute Gasteiger partial charge is 0.309 e. The molecule has 1 unspecified atom stereocenters. The van der Waals surface area contributed by atoms with Gasteiger partial charge in [-0.3, -0.25) is 4.79 Å². The highest BCUT2D eigenvalue weighted by Crippen LogP contribution is 2.37. The zero-order chi connectivity index (χ0) is 22.2. The summed E-state index contributed by atoms with van der Waals surface area (Å²) in [4.78, 5) is 16.2. The maximum Gasteiger partial charge on any atom is 0.309 e. The van der Waals surface area contributed by atoms with E-state index in [-0.39, 0.29) is 32.8 Å². The maximum atomic E-state index is 14.0. The zero-order valence-electron chi connectivity index (χ0n) is 16.7. The average Bonchev–Trinajstić information content (AvgIpc) is 3.18. The van der Waals surface area contributed by atoms with Crippen LogP contribution < -0.4 is 0 Å². The lowest BCUT2D eigenvalue weighted by atomic mass is 9.88. The fourth-order valence-electron chi connectivity index (χ4n) is 3.78. The Morgan fingerprint density at radius 3 is 2.71 bits per heavy atom. The van der Waals surface area contributed by atoms with Crippen LogP contribution in [0.5, 0.6) is 0 Å². The summed E-state index contributed by atoms with van der Waals surface area (Å²) in [7, 11) is -4.03. The lowest BCUT2D eigenvalue weighted by molar-refractivity contribution is -0.148. The highest BCUT2D eigenvalue weighted by atomic mass is 35.5. The predicted octanol–water partition coefficient (Wildman–Crippen LogP) is 4.81. The SMILES string of the molecule is CCOC(=O)C1CC=C(c2cc3c(Cl)c(F)cnc3n2S(=O)(=O)c2ccccc2)CC1. The number of pyridine rings is 1. The molecule has 4 rings (SSSR count). The van der Waals surface area contributed by atoms with E-state index in [9.17, 15) is 17.6 Å². The molecular weight excluding hydrogens is 443 g/mol. The number of hydrogen-bond donors (Lipinski definition) is 0. The second-order valence-electron chi connectivity index (χ2n) is 7.22. The summed E-state index contributed by atoms with van der Waals surface area (Å²) < 4.78 is 47.3. The van der Waals surface area contributed by atoms with Gasteiger partial charge in [0.25, 0.3) is 10.0 Å². The molecule has 0 aliphatic heterocycles. The molecule has 162 valence electrons. The fourth-order valence-corrected chi connectivity index (χ4v) is 5.48. The van der Waals surface area contributed by atoms with Crippen LogP contribution in [0.4, 0.5) is 4.39 Å². The molecule has 0 saturated carbocycles. The number of rotatable bonds is 5. The van der Waals surface area contributed by atoms with Crippen molar-refractivity contribution in [2.75, 3.05) is 6.61 Å². The minimum Gasteiger partial charge on any atom is -0.466 e. The third kappa shape index (κ3) is 3.85. The number of halogens is 2. The highest BCUT2D eigenvalue weighted by molar-refractivity contribution is 7.90. The molecule has 0 spiro atoms. The molecule has 0 N–H and O–H groups in total. The molecule has 3 aromatic rings. The third-order valence-corrected chi connectivity index (χ3v) is 7.42. The van der Waals surface area contributed by atoms with Gasteiger partial charge in [0.15, 0.2) is 11.5 Å². The van der Waals surface area contributed by atoms with Crippen molar-refractivity contribution >= 4 is 44.2 Å². The number of aromatic nitrogens is 2. The largest absolute Gasteiger partial charge is 0.466 e. The second kappa shape index (κ2) is 8.43. The first-order valence-corrected chi connectivity index (χ1v) is 11.7. The van der Waals surface area contributed by atoms with Crippen LogP contribution in [0, 0.1) is 11.7 Å². The summed E-state index contributed by atoms with van der Waals surface area (Å²) in [5.41, 5.74) is 1.15. The number of hydrogen-bond acceptors (Lipinski definition) is 5. The van der Waals surface area contributed by atoms with Crippen LogP contribution >= 0.6 is 11.6 Å². The molecule has 1 aliphatic rings. The van der Waals surface area contributed by atoms with E-state index in [1.807, 2.05) is 6.08 Å². The normalized spacial score (nSPS) is 16.9. The van der Waals surface area contributed by atoms with Crippen molar-refractivity contribution in [1.82, 2.24) is 8.96 Å². The molecule has 0 bridgehead atoms. The second-order valence-corrected chi connectivity index (χ2v) is 9.39. The topological polar surface area (TPSA) is 78.3 Å². The van der Waals surface area contributed by atoms with Gasteiger partial charge in [-0.15, -0.1) is 0 Å². The predicted molar refractivity (Wildman–Crippen MR) is 116 cm³/mol. The Morgan fingerprint density at radius 1 is 1.32 bits per heavy atom. The van der Waals surface area contributed by atoms with E-state index >= 15 is 0 Å². The van der Waals surface area contributed by atoms with Gasteiger partial charge in [0.05, 0.1) is 34.3 Å². The standard InChI is InChI=1S/C22H20ClFN2O4S/c1-2-30-22(27)15-10-8-14(9-11-15)19-12-17-20(23)18(24)13-25-21(17)26(19)31(28,29)16-6-4-3-5-7-16/h3-8,12-13,15H,2,9-11H2,1H3. The van der Waals surface area contributed by atoms with Gasteiger partial charge in [-0.05, 0) is 50.0 Å². The molecule has 1 atom stereocenters. The molecule has 0 fully saturated rings. The number of benzene rings is 1. The number of carbonyl (C=O) groups excluding carboxylic acids is 1. The Morgan fingerprint density at radius 2 is 2.06 bits per heavy atom. The van der Waals surface area contributed by atoms with E-state index in [0.717, 1.165) is 15.7 Å². The van der Waals surface area contributed by atoms with Gasteiger partial charge in [-0.1, -0.05) is 35.9 Å². The summed E-state index contributed by atoms with van der Waals surface area (Å²) >= 11 is 6.14. The van der Waals surface area contributed by atoms with E-state index in [4.69, 9.17) is 16.3 Å². The van der Waals surface area contributed by atoms with Gasteiger partial charge in [0, 0.05) is 5.39 Å². The van der Waals surface area contributed by atoms with E-state index in [1.165, 1.54) is 12.1 Å². The van der Waals surface area contributed by atoms with Crippen LogP contribution in [0.15, 0.2) is 53.6 Å². The number of carbonyl (C=O) groups is 1. The van der Waals surface area contributed by atoms with Crippen molar-refractivity contribution < 1.29 is 22.3 Å². The molecule has 0 saturated heterocycles. The van der Waals surface area contributed by atoms with Crippen LogP contribution in [0.25, 0.3) is 16.6 Å². The molecule has 2 aromatic heterocycles. The van der Waals surface area contributed by atoms with E-state index in [1.54, 1.807) is 31.2 Å². The summed E-state index contributed by atoms with van der Waals surface area (Å²) in [5.74, 6) is -1.26. The lowest BCUT2D eigenvalue weighted by Crippen LogP contribution is -2.21. The van der Waals surface area contributed by atoms with Gasteiger partial charge in [0.1, 0.15) is 0 Å². The summed E-state index contributed by atoms with van der Waals surface area (Å²) in [6.07, 6.45) is 4.16. The van der Waals surface area contributed by atoms with Crippen molar-refractivity contribution in [3.63, 3.8) is 0 Å². The summed E-state index contributed by atoms with van der Waals surface area (Å²) in [6, 6.07) is 9.50. The van der Waals surface area contributed by atoms with Crippen LogP contribution in [-0.2, 0) is 19.6 Å². The van der Waals surface area contributed by atoms with Crippen molar-refractivity contribution in [2.24, 2.45) is 5.92 Å². The van der Waals surface area contributed by atoms with Crippen molar-refractivity contribution in [3.8, 4) is 0 Å². The summed E-state index contributed by atoms with van der Waals surface area (Å²) in [5, 5.41) is 0.0265. The first kappa shape index (κ1) is 21.5. The average molecular weight is 463 g/mol. The number of allylic oxidation sites excluding steroid dienone is 2. The Balaban J connectivity index is 1.88. The van der Waals surface area contributed by atoms with Gasteiger partial charge >= 0.3 is 5.97 Å². The Kier molecular flexibility index (Phi) is 5.85. The first-order chi connectivity index (χ1) is 14.8. The quantitative estimate of drug-likeness (QED) is 0.508. The van der Waals surface area contributed by atoms with E-state index < -0.39 is 15.8 Å². The molecule has 0 radical (unpaired) electrons. The molecular formula is C22H20ClFN2O4S. The van der Waals surface area contributed by atoms with Crippen molar-refractivity contribution in [1.29, 1.82) is 0 Å². The van der Waals surface area contributed by atoms with Gasteiger partial charge < -0.3 is 4.74 Å². The van der Waals surface area contributed by atoms with Crippen molar-refractivity contribution in [2.45, 2.75) is 31.1 Å². The number of esters is 1. The van der Waals surface area contributed by atoms with Gasteiger partial charge in [0.2, 0.25) is 0 Å². The lowest BCUT2D eigenvalue weighted by Gasteiger charge is -2.21. The first-order valence-electron chi connectivity index (χ1n) is 9.86. The molecule has 6 nitrogen and oxygen atoms in total. The Labute approximate surface area is 184 Å². The third-order valence-electron chi connectivity index (χ3n) is 5.32. The van der Waals surface area contributed by atoms with Crippen LogP contribution in [0.3, 0.4) is 0 Å². The minimum atomic E-state index is -4.03.